The number of carbonyl (C=O) groups excluding carboxylic acids is 1. The number of nitrogens with zero attached hydrogens (tertiary/aromatic N) is 2. The van der Waals surface area contributed by atoms with Crippen molar-refractivity contribution >= 4 is 50.5 Å². The van der Waals surface area contributed by atoms with Crippen molar-refractivity contribution in [1.29, 1.82) is 0 Å². The molecule has 2 aromatic rings. The summed E-state index contributed by atoms with van der Waals surface area (Å²) in [6.45, 7) is 1.46. The highest BCUT2D eigenvalue weighted by molar-refractivity contribution is 9.10. The predicted molar refractivity (Wildman–Crippen MR) is 82.3 cm³/mol. The maximum atomic E-state index is 12.1. The fraction of sp³-hybridized carbons (Fsp3) is 0.250. The van der Waals surface area contributed by atoms with Crippen LogP contribution in [0.5, 0.6) is 0 Å². The summed E-state index contributed by atoms with van der Waals surface area (Å²) in [4.78, 5) is 29.5. The minimum absolute atomic E-state index is 0.269. The molecular formula is C12H11BrN2O3S2. The van der Waals surface area contributed by atoms with E-state index >= 15 is 0 Å². The van der Waals surface area contributed by atoms with Gasteiger partial charge in [0.2, 0.25) is 0 Å². The van der Waals surface area contributed by atoms with Crippen LogP contribution in [0.15, 0.2) is 21.3 Å². The Morgan fingerprint density at radius 2 is 2.10 bits per heavy atom. The van der Waals surface area contributed by atoms with Crippen LogP contribution in [-0.4, -0.2) is 40.0 Å². The summed E-state index contributed by atoms with van der Waals surface area (Å²) in [6, 6.07) is 1.05. The highest BCUT2D eigenvalue weighted by Gasteiger charge is 2.24. The zero-order chi connectivity index (χ0) is 14.9. The molecular weight excluding hydrogens is 364 g/mol. The molecule has 1 N–H and O–H groups in total. The number of carbonyl (C=O) groups is 2. The number of likely N-dealkylation sites (N-methyl/N-ethyl adjacent to an activating group) is 1. The van der Waals surface area contributed by atoms with Crippen LogP contribution in [0.2, 0.25) is 0 Å². The molecule has 5 nitrogen and oxygen atoms in total. The fourth-order valence-electron chi connectivity index (χ4n) is 1.43. The van der Waals surface area contributed by atoms with E-state index in [1.807, 2.05) is 11.4 Å². The Morgan fingerprint density at radius 1 is 1.40 bits per heavy atom. The predicted octanol–water partition coefficient (Wildman–Crippen LogP) is 3.18. The molecule has 2 rings (SSSR count). The van der Waals surface area contributed by atoms with Crippen LogP contribution in [-0.2, 0) is 4.79 Å². The van der Waals surface area contributed by atoms with Crippen molar-refractivity contribution in [2.24, 2.45) is 0 Å². The van der Waals surface area contributed by atoms with Gasteiger partial charge in [0.1, 0.15) is 16.7 Å². The van der Waals surface area contributed by atoms with Crippen molar-refractivity contribution in [3.05, 3.63) is 27.0 Å². The fourth-order valence-corrected chi connectivity index (χ4v) is 3.73. The maximum absolute atomic E-state index is 12.1. The third-order valence-corrected chi connectivity index (χ3v) is 5.46. The van der Waals surface area contributed by atoms with Crippen LogP contribution in [0.4, 0.5) is 0 Å². The van der Waals surface area contributed by atoms with Gasteiger partial charge in [-0.25, -0.2) is 9.78 Å². The number of hydrogen-bond donors (Lipinski definition) is 1. The van der Waals surface area contributed by atoms with Gasteiger partial charge in [0.25, 0.3) is 5.91 Å². The highest BCUT2D eigenvalue weighted by atomic mass is 79.9. The minimum atomic E-state index is -1.04. The van der Waals surface area contributed by atoms with Crippen molar-refractivity contribution in [1.82, 2.24) is 9.88 Å². The molecule has 106 valence electrons. The summed E-state index contributed by atoms with van der Waals surface area (Å²) < 4.78 is 0.970. The van der Waals surface area contributed by atoms with Gasteiger partial charge in [-0.15, -0.1) is 22.7 Å². The summed E-state index contributed by atoms with van der Waals surface area (Å²) in [5, 5.41) is 13.3. The van der Waals surface area contributed by atoms with Crippen molar-refractivity contribution in [2.45, 2.75) is 13.0 Å². The lowest BCUT2D eigenvalue weighted by Crippen LogP contribution is -2.40. The van der Waals surface area contributed by atoms with Gasteiger partial charge in [0, 0.05) is 22.3 Å². The summed E-state index contributed by atoms with van der Waals surface area (Å²) >= 11 is 6.26. The van der Waals surface area contributed by atoms with E-state index in [-0.39, 0.29) is 5.69 Å². The second-order valence-corrected chi connectivity index (χ2v) is 6.78. The second-order valence-electron chi connectivity index (χ2n) is 4.10. The van der Waals surface area contributed by atoms with Gasteiger partial charge in [-0.1, -0.05) is 0 Å². The van der Waals surface area contributed by atoms with Crippen molar-refractivity contribution in [3.8, 4) is 9.88 Å². The summed E-state index contributed by atoms with van der Waals surface area (Å²) in [7, 11) is 1.46. The molecule has 20 heavy (non-hydrogen) atoms. The average molecular weight is 375 g/mol. The van der Waals surface area contributed by atoms with Gasteiger partial charge in [0.05, 0.1) is 4.88 Å². The number of thiazole rings is 1. The lowest BCUT2D eigenvalue weighted by atomic mass is 10.3. The number of carboxylic acids is 1. The third kappa shape index (κ3) is 3.08. The Labute approximate surface area is 132 Å². The molecule has 0 unspecified atom stereocenters. The van der Waals surface area contributed by atoms with Crippen LogP contribution in [0, 0.1) is 0 Å². The molecule has 0 aromatic carbocycles. The zero-order valence-corrected chi connectivity index (χ0v) is 13.9. The van der Waals surface area contributed by atoms with E-state index in [1.54, 1.807) is 5.38 Å². The van der Waals surface area contributed by atoms with E-state index in [1.165, 1.54) is 41.5 Å². The second kappa shape index (κ2) is 6.02. The van der Waals surface area contributed by atoms with E-state index in [9.17, 15) is 9.59 Å². The van der Waals surface area contributed by atoms with Crippen molar-refractivity contribution < 1.29 is 14.7 Å². The molecule has 1 amide bonds. The van der Waals surface area contributed by atoms with Crippen LogP contribution in [0.3, 0.4) is 0 Å². The monoisotopic (exact) mass is 374 g/mol. The molecule has 0 saturated heterocycles. The van der Waals surface area contributed by atoms with Gasteiger partial charge < -0.3 is 10.0 Å². The van der Waals surface area contributed by atoms with Gasteiger partial charge in [-0.05, 0) is 28.9 Å². The number of amides is 1. The number of carboxylic acid groups (broad SMARTS) is 1. The van der Waals surface area contributed by atoms with Gasteiger partial charge in [-0.2, -0.15) is 0 Å². The van der Waals surface area contributed by atoms with Gasteiger partial charge >= 0.3 is 5.97 Å². The minimum Gasteiger partial charge on any atom is -0.480 e. The number of hydrogen-bond acceptors (Lipinski definition) is 5. The van der Waals surface area contributed by atoms with E-state index < -0.39 is 17.9 Å². The first kappa shape index (κ1) is 15.1. The summed E-state index contributed by atoms with van der Waals surface area (Å²) in [5.74, 6) is -1.43. The topological polar surface area (TPSA) is 70.5 Å². The first-order valence-corrected chi connectivity index (χ1v) is 8.15. The molecule has 0 aliphatic rings. The molecule has 0 fully saturated rings. The standard InChI is InChI=1S/C12H11BrN2O3S2/c1-6(12(17)18)15(2)11(16)8-5-20-10(14-8)9-3-7(13)4-19-9/h3-6H,1-2H3,(H,17,18)/t6-/m0/s1. The Kier molecular flexibility index (Phi) is 4.56. The van der Waals surface area contributed by atoms with Gasteiger partial charge in [-0.3, -0.25) is 4.79 Å². The summed E-state index contributed by atoms with van der Waals surface area (Å²) in [5.41, 5.74) is 0.269. The lowest BCUT2D eigenvalue weighted by molar-refractivity contribution is -0.141. The largest absolute Gasteiger partial charge is 0.480 e. The third-order valence-electron chi connectivity index (χ3n) is 2.76. The van der Waals surface area contributed by atoms with E-state index in [0.29, 0.717) is 0 Å². The Morgan fingerprint density at radius 3 is 2.65 bits per heavy atom. The van der Waals surface area contributed by atoms with E-state index in [4.69, 9.17) is 5.11 Å². The van der Waals surface area contributed by atoms with Crippen LogP contribution in [0.25, 0.3) is 9.88 Å². The lowest BCUT2D eigenvalue weighted by Gasteiger charge is -2.20. The molecule has 0 aliphatic carbocycles. The van der Waals surface area contributed by atoms with Crippen LogP contribution >= 0.6 is 38.6 Å². The smallest absolute Gasteiger partial charge is 0.326 e. The normalized spacial score (nSPS) is 12.2. The molecule has 0 radical (unpaired) electrons. The molecule has 0 aliphatic heterocycles. The first-order valence-electron chi connectivity index (χ1n) is 5.60. The highest BCUT2D eigenvalue weighted by Crippen LogP contribution is 2.32. The Hall–Kier alpha value is -1.25. The Balaban J connectivity index is 2.20. The Bertz CT molecular complexity index is 653. The molecule has 2 aromatic heterocycles. The maximum Gasteiger partial charge on any atom is 0.326 e. The average Bonchev–Trinajstić information content (AvgIpc) is 3.04. The first-order chi connectivity index (χ1) is 9.40. The molecule has 0 spiro atoms. The quantitative estimate of drug-likeness (QED) is 0.891. The van der Waals surface area contributed by atoms with E-state index in [2.05, 4.69) is 20.9 Å². The van der Waals surface area contributed by atoms with E-state index in [0.717, 1.165) is 14.4 Å². The molecule has 2 heterocycles. The SMILES string of the molecule is C[C@@H](C(=O)O)N(C)C(=O)c1csc(-c2cc(Br)cs2)n1. The molecule has 1 atom stereocenters. The number of rotatable bonds is 4. The molecule has 0 bridgehead atoms. The summed E-state index contributed by atoms with van der Waals surface area (Å²) in [6.07, 6.45) is 0. The number of aliphatic carboxylic acids is 1. The van der Waals surface area contributed by atoms with Crippen molar-refractivity contribution in [2.75, 3.05) is 7.05 Å². The van der Waals surface area contributed by atoms with Crippen LogP contribution in [0.1, 0.15) is 17.4 Å². The number of halogens is 1. The van der Waals surface area contributed by atoms with Gasteiger partial charge in [0.15, 0.2) is 0 Å². The number of aromatic nitrogens is 1. The van der Waals surface area contributed by atoms with Crippen LogP contribution < -0.4 is 0 Å². The molecule has 0 saturated carbocycles. The zero-order valence-electron chi connectivity index (χ0n) is 10.7. The number of thiophene rings is 1. The van der Waals surface area contributed by atoms with Crippen molar-refractivity contribution in [3.63, 3.8) is 0 Å². The molecule has 8 heteroatoms.